The highest BCUT2D eigenvalue weighted by molar-refractivity contribution is 8.04. The Hall–Kier alpha value is -0.160. The Labute approximate surface area is 116 Å². The molecule has 4 rings (SSSR count). The van der Waals surface area contributed by atoms with Gasteiger partial charge in [0.2, 0.25) is 0 Å². The summed E-state index contributed by atoms with van der Waals surface area (Å²) in [6.07, 6.45) is 5.53. The number of thioether (sulfide) groups is 1. The van der Waals surface area contributed by atoms with E-state index < -0.39 is 0 Å². The Balaban J connectivity index is 2.01. The zero-order valence-electron chi connectivity index (χ0n) is 12.1. The van der Waals surface area contributed by atoms with Crippen LogP contribution < -0.4 is 0 Å². The van der Waals surface area contributed by atoms with E-state index in [1.165, 1.54) is 25.7 Å². The molecule has 4 aliphatic carbocycles. The summed E-state index contributed by atoms with van der Waals surface area (Å²) in [6, 6.07) is 0. The lowest BCUT2D eigenvalue weighted by molar-refractivity contribution is -0.0351. The lowest BCUT2D eigenvalue weighted by atomic mass is 9.50. The zero-order valence-corrected chi connectivity index (χ0v) is 12.9. The molecule has 4 bridgehead atoms. The van der Waals surface area contributed by atoms with Gasteiger partial charge in [0.15, 0.2) is 0 Å². The quantitative estimate of drug-likeness (QED) is 0.675. The number of thiocyanates is 1. The van der Waals surface area contributed by atoms with Gasteiger partial charge in [0, 0.05) is 5.25 Å². The van der Waals surface area contributed by atoms with Crippen LogP contribution in [0, 0.1) is 45.2 Å². The Morgan fingerprint density at radius 1 is 1.28 bits per heavy atom. The first-order valence-electron chi connectivity index (χ1n) is 7.47. The summed E-state index contributed by atoms with van der Waals surface area (Å²) in [5, 5.41) is 12.2. The molecule has 4 saturated carbocycles. The summed E-state index contributed by atoms with van der Waals surface area (Å²) in [5.41, 5.74) is 0.865. The van der Waals surface area contributed by atoms with Crippen molar-refractivity contribution in [3.05, 3.63) is 0 Å². The van der Waals surface area contributed by atoms with Crippen molar-refractivity contribution in [1.29, 1.82) is 5.26 Å². The minimum Gasteiger partial charge on any atom is -0.185 e. The zero-order chi connectivity index (χ0) is 13.1. The van der Waals surface area contributed by atoms with Gasteiger partial charge in [-0.2, -0.15) is 5.26 Å². The minimum absolute atomic E-state index is 0.429. The van der Waals surface area contributed by atoms with Gasteiger partial charge >= 0.3 is 0 Å². The summed E-state index contributed by atoms with van der Waals surface area (Å²) in [7, 11) is 0. The molecule has 0 heterocycles. The van der Waals surface area contributed by atoms with Crippen molar-refractivity contribution in [3.8, 4) is 5.40 Å². The van der Waals surface area contributed by atoms with Crippen LogP contribution in [0.4, 0.5) is 0 Å². The highest BCUT2D eigenvalue weighted by Crippen LogP contribution is 2.72. The summed E-state index contributed by atoms with van der Waals surface area (Å²) in [6.45, 7) is 9.76. The topological polar surface area (TPSA) is 23.8 Å². The third-order valence-electron chi connectivity index (χ3n) is 6.58. The average molecular weight is 263 g/mol. The Morgan fingerprint density at radius 3 is 2.61 bits per heavy atom. The van der Waals surface area contributed by atoms with Gasteiger partial charge < -0.3 is 0 Å². The lowest BCUT2D eigenvalue weighted by Crippen LogP contribution is -2.55. The number of hydrogen-bond donors (Lipinski definition) is 0. The van der Waals surface area contributed by atoms with Gasteiger partial charge in [-0.25, -0.2) is 0 Å². The second-order valence-corrected chi connectivity index (χ2v) is 8.76. The molecule has 0 radical (unpaired) electrons. The molecule has 2 heteroatoms. The van der Waals surface area contributed by atoms with E-state index in [0.717, 1.165) is 23.7 Å². The third-order valence-corrected chi connectivity index (χ3v) is 8.03. The second kappa shape index (κ2) is 3.92. The van der Waals surface area contributed by atoms with E-state index in [4.69, 9.17) is 0 Å². The van der Waals surface area contributed by atoms with Crippen LogP contribution in [-0.4, -0.2) is 5.25 Å². The predicted octanol–water partition coefficient (Wildman–Crippen LogP) is 4.69. The number of fused-ring (bicyclic) bond motifs is 1. The summed E-state index contributed by atoms with van der Waals surface area (Å²) in [4.78, 5) is 0. The fraction of sp³-hybridized carbons (Fsp3) is 0.938. The van der Waals surface area contributed by atoms with Gasteiger partial charge in [-0.3, -0.25) is 0 Å². The van der Waals surface area contributed by atoms with Crippen molar-refractivity contribution in [2.45, 2.75) is 58.6 Å². The van der Waals surface area contributed by atoms with Crippen LogP contribution in [0.15, 0.2) is 0 Å². The average Bonchev–Trinajstić information content (AvgIpc) is 2.55. The molecule has 0 aromatic rings. The van der Waals surface area contributed by atoms with E-state index in [2.05, 4.69) is 33.1 Å². The van der Waals surface area contributed by atoms with Crippen LogP contribution in [-0.2, 0) is 0 Å². The fourth-order valence-corrected chi connectivity index (χ4v) is 7.10. The lowest BCUT2D eigenvalue weighted by Gasteiger charge is -2.59. The Bertz CT molecular complexity index is 398. The fourth-order valence-electron chi connectivity index (χ4n) is 5.96. The van der Waals surface area contributed by atoms with Gasteiger partial charge in [0.05, 0.1) is 0 Å². The van der Waals surface area contributed by atoms with Crippen LogP contribution in [0.2, 0.25) is 0 Å². The van der Waals surface area contributed by atoms with E-state index in [1.54, 1.807) is 11.8 Å². The maximum atomic E-state index is 9.19. The predicted molar refractivity (Wildman–Crippen MR) is 77.0 cm³/mol. The molecule has 1 nitrogen and oxygen atoms in total. The molecule has 0 spiro atoms. The Morgan fingerprint density at radius 2 is 2.00 bits per heavy atom. The number of hydrogen-bond acceptors (Lipinski definition) is 2. The Kier molecular flexibility index (Phi) is 2.80. The van der Waals surface area contributed by atoms with Gasteiger partial charge in [0.1, 0.15) is 5.40 Å². The van der Waals surface area contributed by atoms with Crippen LogP contribution in [0.1, 0.15) is 53.4 Å². The van der Waals surface area contributed by atoms with Crippen LogP contribution in [0.5, 0.6) is 0 Å². The smallest absolute Gasteiger partial charge is 0.133 e. The third kappa shape index (κ3) is 1.46. The molecule has 0 aromatic heterocycles. The van der Waals surface area contributed by atoms with Crippen LogP contribution in [0.25, 0.3) is 0 Å². The first-order chi connectivity index (χ1) is 8.42. The molecule has 100 valence electrons. The van der Waals surface area contributed by atoms with Gasteiger partial charge in [-0.05, 0) is 71.9 Å². The van der Waals surface area contributed by atoms with E-state index in [-0.39, 0.29) is 0 Å². The largest absolute Gasteiger partial charge is 0.185 e. The second-order valence-electron chi connectivity index (χ2n) is 7.87. The molecule has 0 aliphatic heterocycles. The van der Waals surface area contributed by atoms with E-state index in [1.807, 2.05) is 0 Å². The maximum Gasteiger partial charge on any atom is 0.133 e. The molecule has 6 atom stereocenters. The van der Waals surface area contributed by atoms with E-state index in [0.29, 0.717) is 16.1 Å². The molecule has 0 amide bonds. The molecule has 0 saturated heterocycles. The van der Waals surface area contributed by atoms with E-state index >= 15 is 0 Å². The summed E-state index contributed by atoms with van der Waals surface area (Å²) in [5.74, 6) is 3.57. The molecular weight excluding hydrogens is 238 g/mol. The summed E-state index contributed by atoms with van der Waals surface area (Å²) >= 11 is 1.59. The molecular formula is C16H25NS. The van der Waals surface area contributed by atoms with Crippen LogP contribution in [0.3, 0.4) is 0 Å². The highest BCUT2D eigenvalue weighted by atomic mass is 32.2. The van der Waals surface area contributed by atoms with E-state index in [9.17, 15) is 5.26 Å². The van der Waals surface area contributed by atoms with Crippen molar-refractivity contribution < 1.29 is 0 Å². The van der Waals surface area contributed by atoms with Crippen molar-refractivity contribution in [2.24, 2.45) is 34.5 Å². The number of nitriles is 1. The summed E-state index contributed by atoms with van der Waals surface area (Å²) < 4.78 is 0. The number of nitrogens with zero attached hydrogens (tertiary/aromatic N) is 1. The van der Waals surface area contributed by atoms with Gasteiger partial charge in [-0.1, -0.05) is 27.7 Å². The molecule has 0 unspecified atom stereocenters. The molecule has 4 fully saturated rings. The SMILES string of the molecule is CC(C)[C@H]1C[C@@]2(C)[C@H](SC#N)[C@]3(C)CC[C@H]2[C@H]1C3. The first kappa shape index (κ1) is 12.9. The maximum absolute atomic E-state index is 9.19. The van der Waals surface area contributed by atoms with Gasteiger partial charge in [-0.15, -0.1) is 0 Å². The molecule has 0 N–H and O–H groups in total. The minimum atomic E-state index is 0.429. The van der Waals surface area contributed by atoms with Crippen molar-refractivity contribution in [2.75, 3.05) is 0 Å². The van der Waals surface area contributed by atoms with Crippen molar-refractivity contribution >= 4 is 11.8 Å². The van der Waals surface area contributed by atoms with Crippen LogP contribution >= 0.6 is 11.8 Å². The van der Waals surface area contributed by atoms with Crippen molar-refractivity contribution in [1.82, 2.24) is 0 Å². The highest BCUT2D eigenvalue weighted by Gasteiger charge is 2.66. The standard InChI is InChI=1S/C16H25NS/c1-10(2)11-8-16(4)13-5-6-15(3,7-12(11)13)14(16)18-9-17/h10-14H,5-8H2,1-4H3/t11-,12+,13+,14-,15-,16-/m1/s1. The normalized spacial score (nSPS) is 53.8. The monoisotopic (exact) mass is 263 g/mol. The molecule has 0 aromatic carbocycles. The molecule has 18 heavy (non-hydrogen) atoms. The molecule has 4 aliphatic rings. The van der Waals surface area contributed by atoms with Gasteiger partial charge in [0.25, 0.3) is 0 Å². The van der Waals surface area contributed by atoms with Crippen molar-refractivity contribution in [3.63, 3.8) is 0 Å². The number of rotatable bonds is 2. The first-order valence-corrected chi connectivity index (χ1v) is 8.35.